The molecule has 9 heteroatoms. The van der Waals surface area contributed by atoms with Crippen molar-refractivity contribution in [2.45, 2.75) is 57.8 Å². The molecule has 1 fully saturated rings. The van der Waals surface area contributed by atoms with Gasteiger partial charge in [-0.25, -0.2) is 27.5 Å². The van der Waals surface area contributed by atoms with Gasteiger partial charge in [-0.05, 0) is 36.6 Å². The van der Waals surface area contributed by atoms with Gasteiger partial charge < -0.3 is 5.32 Å². The zero-order valence-corrected chi connectivity index (χ0v) is 19.7. The molecule has 0 unspecified atom stereocenters. The molecule has 1 saturated carbocycles. The zero-order valence-electron chi connectivity index (χ0n) is 19.7. The summed E-state index contributed by atoms with van der Waals surface area (Å²) in [5, 5.41) is 2.77. The molecule has 2 heterocycles. The SMILES string of the molecule is CC(C)c1ncc(C(=O)Nc2c(-c3cc(F)ccc3F)ccnc2[C@H]2CCC(F)(F)C[C@H]2C)cn1. The van der Waals surface area contributed by atoms with Gasteiger partial charge in [0.25, 0.3) is 5.91 Å². The number of rotatable bonds is 5. The predicted octanol–water partition coefficient (Wildman–Crippen LogP) is 6.73. The van der Waals surface area contributed by atoms with Crippen LogP contribution >= 0.6 is 0 Å². The van der Waals surface area contributed by atoms with Gasteiger partial charge in [0, 0.05) is 54.4 Å². The van der Waals surface area contributed by atoms with E-state index in [9.17, 15) is 22.4 Å². The van der Waals surface area contributed by atoms with E-state index >= 15 is 0 Å². The molecule has 0 bridgehead atoms. The first-order chi connectivity index (χ1) is 16.6. The van der Waals surface area contributed by atoms with Crippen LogP contribution in [0.4, 0.5) is 23.2 Å². The number of hydrogen-bond acceptors (Lipinski definition) is 4. The van der Waals surface area contributed by atoms with Crippen LogP contribution in [0.5, 0.6) is 0 Å². The molecule has 2 atom stereocenters. The zero-order chi connectivity index (χ0) is 25.3. The summed E-state index contributed by atoms with van der Waals surface area (Å²) >= 11 is 0. The highest BCUT2D eigenvalue weighted by Gasteiger charge is 2.41. The van der Waals surface area contributed by atoms with Crippen LogP contribution in [0.2, 0.25) is 0 Å². The van der Waals surface area contributed by atoms with Crippen LogP contribution in [-0.2, 0) is 0 Å². The van der Waals surface area contributed by atoms with Crippen molar-refractivity contribution >= 4 is 11.6 Å². The number of aromatic nitrogens is 3. The summed E-state index contributed by atoms with van der Waals surface area (Å²) in [4.78, 5) is 26.0. The number of amides is 1. The molecule has 1 amide bonds. The quantitative estimate of drug-likeness (QED) is 0.406. The fraction of sp³-hybridized carbons (Fsp3) is 0.385. The van der Waals surface area contributed by atoms with Gasteiger partial charge in [-0.3, -0.25) is 9.78 Å². The first-order valence-electron chi connectivity index (χ1n) is 11.5. The maximum absolute atomic E-state index is 14.7. The summed E-state index contributed by atoms with van der Waals surface area (Å²) in [6.07, 6.45) is 3.70. The van der Waals surface area contributed by atoms with Crippen molar-refractivity contribution in [2.75, 3.05) is 5.32 Å². The van der Waals surface area contributed by atoms with E-state index in [1.165, 1.54) is 24.7 Å². The summed E-state index contributed by atoms with van der Waals surface area (Å²) in [5.41, 5.74) is 0.839. The number of alkyl halides is 2. The molecular weight excluding hydrogens is 460 g/mol. The molecule has 35 heavy (non-hydrogen) atoms. The lowest BCUT2D eigenvalue weighted by Crippen LogP contribution is -2.31. The lowest BCUT2D eigenvalue weighted by molar-refractivity contribution is -0.0558. The summed E-state index contributed by atoms with van der Waals surface area (Å²) in [6.45, 7) is 5.55. The maximum atomic E-state index is 14.7. The Balaban J connectivity index is 1.79. The van der Waals surface area contributed by atoms with Crippen molar-refractivity contribution in [1.29, 1.82) is 0 Å². The lowest BCUT2D eigenvalue weighted by atomic mass is 9.75. The first-order valence-corrected chi connectivity index (χ1v) is 11.5. The Morgan fingerprint density at radius 1 is 1.09 bits per heavy atom. The second-order valence-electron chi connectivity index (χ2n) is 9.36. The van der Waals surface area contributed by atoms with E-state index in [4.69, 9.17) is 0 Å². The second-order valence-corrected chi connectivity index (χ2v) is 9.36. The van der Waals surface area contributed by atoms with E-state index < -0.39 is 35.3 Å². The Morgan fingerprint density at radius 2 is 1.80 bits per heavy atom. The highest BCUT2D eigenvalue weighted by atomic mass is 19.3. The standard InChI is InChI=1S/C26H26F4N4O/c1-14(2)24-32-12-16(13-33-24)25(35)34-23-19(20-10-17(27)4-5-21(20)28)7-9-31-22(23)18-6-8-26(29,30)11-15(18)3/h4-5,7,9-10,12-15,18H,6,8,11H2,1-3H3,(H,34,35)/t15-,18+/m1/s1. The fourth-order valence-corrected chi connectivity index (χ4v) is 4.53. The van der Waals surface area contributed by atoms with E-state index in [0.717, 1.165) is 18.2 Å². The Bertz CT molecular complexity index is 1230. The van der Waals surface area contributed by atoms with Crippen molar-refractivity contribution < 1.29 is 22.4 Å². The highest BCUT2D eigenvalue weighted by Crippen LogP contribution is 2.47. The van der Waals surface area contributed by atoms with Crippen molar-refractivity contribution in [1.82, 2.24) is 15.0 Å². The molecule has 5 nitrogen and oxygen atoms in total. The predicted molar refractivity (Wildman–Crippen MR) is 124 cm³/mol. The Labute approximate surface area is 201 Å². The molecule has 4 rings (SSSR count). The van der Waals surface area contributed by atoms with Crippen LogP contribution in [0.15, 0.2) is 42.9 Å². The van der Waals surface area contributed by atoms with Crippen molar-refractivity contribution in [3.8, 4) is 11.1 Å². The van der Waals surface area contributed by atoms with Crippen LogP contribution in [0, 0.1) is 17.6 Å². The maximum Gasteiger partial charge on any atom is 0.258 e. The number of benzene rings is 1. The minimum Gasteiger partial charge on any atom is -0.320 e. The third-order valence-corrected chi connectivity index (χ3v) is 6.37. The van der Waals surface area contributed by atoms with Crippen molar-refractivity contribution in [2.24, 2.45) is 5.92 Å². The van der Waals surface area contributed by atoms with Gasteiger partial charge in [-0.2, -0.15) is 0 Å². The fourth-order valence-electron chi connectivity index (χ4n) is 4.53. The van der Waals surface area contributed by atoms with Gasteiger partial charge in [-0.1, -0.05) is 20.8 Å². The van der Waals surface area contributed by atoms with Crippen LogP contribution in [-0.4, -0.2) is 26.8 Å². The smallest absolute Gasteiger partial charge is 0.258 e. The largest absolute Gasteiger partial charge is 0.320 e. The molecule has 0 aliphatic heterocycles. The molecule has 1 N–H and O–H groups in total. The van der Waals surface area contributed by atoms with Crippen molar-refractivity contribution in [3.05, 3.63) is 71.6 Å². The molecule has 2 aromatic heterocycles. The van der Waals surface area contributed by atoms with Crippen LogP contribution in [0.3, 0.4) is 0 Å². The van der Waals surface area contributed by atoms with Crippen LogP contribution < -0.4 is 5.32 Å². The second kappa shape index (κ2) is 9.71. The normalized spacial score (nSPS) is 19.5. The average Bonchev–Trinajstić information content (AvgIpc) is 2.80. The van der Waals surface area contributed by atoms with Gasteiger partial charge in [-0.15, -0.1) is 0 Å². The van der Waals surface area contributed by atoms with E-state index in [1.54, 1.807) is 6.92 Å². The number of nitrogens with one attached hydrogen (secondary N) is 1. The number of pyridine rings is 1. The molecule has 184 valence electrons. The van der Waals surface area contributed by atoms with Crippen LogP contribution in [0.1, 0.15) is 73.7 Å². The van der Waals surface area contributed by atoms with Gasteiger partial charge >= 0.3 is 0 Å². The van der Waals surface area contributed by atoms with E-state index in [2.05, 4.69) is 20.3 Å². The molecule has 0 saturated heterocycles. The number of hydrogen-bond donors (Lipinski definition) is 1. The number of nitrogens with zero attached hydrogens (tertiary/aromatic N) is 3. The molecule has 0 spiro atoms. The molecule has 3 aromatic rings. The lowest BCUT2D eigenvalue weighted by Gasteiger charge is -2.34. The minimum atomic E-state index is -2.78. The van der Waals surface area contributed by atoms with Gasteiger partial charge in [0.2, 0.25) is 5.92 Å². The third kappa shape index (κ3) is 5.33. The Hall–Kier alpha value is -3.36. The van der Waals surface area contributed by atoms with Gasteiger partial charge in [0.1, 0.15) is 17.5 Å². The van der Waals surface area contributed by atoms with Crippen molar-refractivity contribution in [3.63, 3.8) is 0 Å². The average molecular weight is 487 g/mol. The molecule has 1 aliphatic carbocycles. The molecule has 1 aliphatic rings. The highest BCUT2D eigenvalue weighted by molar-refractivity contribution is 6.06. The number of halogens is 4. The van der Waals surface area contributed by atoms with Gasteiger partial charge in [0.15, 0.2) is 0 Å². The van der Waals surface area contributed by atoms with E-state index in [-0.39, 0.29) is 47.6 Å². The summed E-state index contributed by atoms with van der Waals surface area (Å²) < 4.78 is 56.8. The Kier molecular flexibility index (Phi) is 6.87. The van der Waals surface area contributed by atoms with Crippen LogP contribution in [0.25, 0.3) is 11.1 Å². The van der Waals surface area contributed by atoms with Gasteiger partial charge in [0.05, 0.1) is 16.9 Å². The first kappa shape index (κ1) is 24.8. The van der Waals surface area contributed by atoms with E-state index in [1.807, 2.05) is 13.8 Å². The molecular formula is C26H26F4N4O. The number of carbonyl (C=O) groups excluding carboxylic acids is 1. The number of anilines is 1. The molecule has 0 radical (unpaired) electrons. The topological polar surface area (TPSA) is 67.8 Å². The minimum absolute atomic E-state index is 0.0656. The molecule has 1 aromatic carbocycles. The number of carbonyl (C=O) groups is 1. The summed E-state index contributed by atoms with van der Waals surface area (Å²) in [5.74, 6) is -4.88. The Morgan fingerprint density at radius 3 is 2.46 bits per heavy atom. The third-order valence-electron chi connectivity index (χ3n) is 6.37. The monoisotopic (exact) mass is 486 g/mol. The summed E-state index contributed by atoms with van der Waals surface area (Å²) in [7, 11) is 0. The van der Waals surface area contributed by atoms with E-state index in [0.29, 0.717) is 11.5 Å². The summed E-state index contributed by atoms with van der Waals surface area (Å²) in [6, 6.07) is 4.50.